The summed E-state index contributed by atoms with van der Waals surface area (Å²) in [5.41, 5.74) is -1.89. The Morgan fingerprint density at radius 3 is 2.05 bits per heavy atom. The van der Waals surface area contributed by atoms with Crippen molar-refractivity contribution < 1.29 is 19.8 Å². The van der Waals surface area contributed by atoms with Crippen LogP contribution in [0, 0.1) is 29.6 Å². The molecule has 4 fully saturated rings. The third-order valence-corrected chi connectivity index (χ3v) is 5.60. The normalized spacial score (nSPS) is 41.2. The van der Waals surface area contributed by atoms with Gasteiger partial charge >= 0.3 is 5.97 Å². The lowest BCUT2D eigenvalue weighted by molar-refractivity contribution is -0.157. The fourth-order valence-electron chi connectivity index (χ4n) is 4.81. The topological polar surface area (TPSA) is 86.6 Å². The molecule has 0 aromatic carbocycles. The largest absolute Gasteiger partial charge is 0.479 e. The van der Waals surface area contributed by atoms with Gasteiger partial charge in [0.25, 0.3) is 0 Å². The summed E-state index contributed by atoms with van der Waals surface area (Å²) in [6.45, 7) is 0.996. The van der Waals surface area contributed by atoms with Crippen molar-refractivity contribution in [3.63, 3.8) is 0 Å². The number of carbonyl (C=O) groups excluding carboxylic acids is 1. The maximum atomic E-state index is 12.4. The van der Waals surface area contributed by atoms with Gasteiger partial charge in [0.1, 0.15) is 0 Å². The Labute approximate surface area is 118 Å². The van der Waals surface area contributed by atoms with Gasteiger partial charge in [-0.1, -0.05) is 0 Å². The van der Waals surface area contributed by atoms with Gasteiger partial charge in [0.05, 0.1) is 6.54 Å². The summed E-state index contributed by atoms with van der Waals surface area (Å²) < 4.78 is 0. The van der Waals surface area contributed by atoms with Crippen LogP contribution in [0.1, 0.15) is 39.0 Å². The molecule has 0 heterocycles. The minimum Gasteiger partial charge on any atom is -0.479 e. The van der Waals surface area contributed by atoms with Crippen LogP contribution in [0.4, 0.5) is 0 Å². The minimum atomic E-state index is -1.89. The van der Waals surface area contributed by atoms with Crippen LogP contribution in [0.3, 0.4) is 0 Å². The highest BCUT2D eigenvalue weighted by molar-refractivity contribution is 5.82. The number of amides is 1. The second kappa shape index (κ2) is 4.72. The number of hydrogen-bond acceptors (Lipinski definition) is 3. The van der Waals surface area contributed by atoms with Gasteiger partial charge in [0.15, 0.2) is 5.60 Å². The van der Waals surface area contributed by atoms with E-state index in [0.29, 0.717) is 11.8 Å². The quantitative estimate of drug-likeness (QED) is 0.718. The molecule has 0 aromatic heterocycles. The highest BCUT2D eigenvalue weighted by Crippen LogP contribution is 2.56. The van der Waals surface area contributed by atoms with Crippen molar-refractivity contribution in [3.8, 4) is 0 Å². The van der Waals surface area contributed by atoms with Gasteiger partial charge in [-0.3, -0.25) is 4.79 Å². The van der Waals surface area contributed by atoms with Gasteiger partial charge in [-0.05, 0) is 62.7 Å². The molecule has 0 aromatic rings. The zero-order valence-corrected chi connectivity index (χ0v) is 11.8. The molecule has 5 nitrogen and oxygen atoms in total. The molecule has 0 spiro atoms. The van der Waals surface area contributed by atoms with E-state index >= 15 is 0 Å². The van der Waals surface area contributed by atoms with Crippen LogP contribution in [-0.4, -0.2) is 34.2 Å². The summed E-state index contributed by atoms with van der Waals surface area (Å²) in [7, 11) is 0. The first-order valence-corrected chi connectivity index (χ1v) is 7.60. The third-order valence-electron chi connectivity index (χ3n) is 5.60. The van der Waals surface area contributed by atoms with Crippen molar-refractivity contribution in [3.05, 3.63) is 0 Å². The number of carboxylic acids is 1. The second-order valence-corrected chi connectivity index (χ2v) is 7.25. The number of rotatable bonds is 4. The summed E-state index contributed by atoms with van der Waals surface area (Å²) in [6, 6.07) is 0. The molecule has 4 aliphatic carbocycles. The molecule has 0 radical (unpaired) electrons. The number of aliphatic carboxylic acids is 1. The standard InChI is InChI=1S/C15H23NO4/c1-15(20,14(18)19)7-16-13(17)12-10-3-8-2-9(5-10)6-11(12)4-8/h8-12,20H,2-7H2,1H3,(H,16,17)(H,18,19). The van der Waals surface area contributed by atoms with E-state index in [-0.39, 0.29) is 18.4 Å². The third kappa shape index (κ3) is 2.32. The first kappa shape index (κ1) is 13.9. The predicted molar refractivity (Wildman–Crippen MR) is 71.8 cm³/mol. The van der Waals surface area contributed by atoms with Crippen LogP contribution in [0.2, 0.25) is 0 Å². The lowest BCUT2D eigenvalue weighted by atomic mass is 9.51. The molecule has 0 saturated heterocycles. The Balaban J connectivity index is 1.62. The smallest absolute Gasteiger partial charge is 0.337 e. The Morgan fingerprint density at radius 2 is 1.60 bits per heavy atom. The molecule has 1 unspecified atom stereocenters. The monoisotopic (exact) mass is 281 g/mol. The summed E-state index contributed by atoms with van der Waals surface area (Å²) in [4.78, 5) is 23.2. The maximum Gasteiger partial charge on any atom is 0.337 e. The first-order valence-electron chi connectivity index (χ1n) is 7.60. The summed E-state index contributed by atoms with van der Waals surface area (Å²) in [5.74, 6) is 1.24. The Morgan fingerprint density at radius 1 is 1.10 bits per heavy atom. The van der Waals surface area contributed by atoms with Crippen LogP contribution in [0.25, 0.3) is 0 Å². The van der Waals surface area contributed by atoms with Crippen molar-refractivity contribution in [1.29, 1.82) is 0 Å². The fraction of sp³-hybridized carbons (Fsp3) is 0.867. The fourth-order valence-corrected chi connectivity index (χ4v) is 4.81. The first-order chi connectivity index (χ1) is 9.37. The summed E-state index contributed by atoms with van der Waals surface area (Å²) in [6.07, 6.45) is 5.96. The average molecular weight is 281 g/mol. The molecule has 112 valence electrons. The van der Waals surface area contributed by atoms with E-state index < -0.39 is 11.6 Å². The van der Waals surface area contributed by atoms with Crippen LogP contribution in [-0.2, 0) is 9.59 Å². The number of hydrogen-bond donors (Lipinski definition) is 3. The van der Waals surface area contributed by atoms with Crippen molar-refractivity contribution in [2.45, 2.75) is 44.6 Å². The zero-order valence-electron chi connectivity index (χ0n) is 11.8. The average Bonchev–Trinajstić information content (AvgIpc) is 2.35. The molecule has 4 rings (SSSR count). The highest BCUT2D eigenvalue weighted by atomic mass is 16.4. The predicted octanol–water partition coefficient (Wildman–Crippen LogP) is 1.01. The number of nitrogens with one attached hydrogen (secondary N) is 1. The molecule has 3 N–H and O–H groups in total. The number of aliphatic hydroxyl groups is 1. The molecule has 1 atom stereocenters. The van der Waals surface area contributed by atoms with Gasteiger partial charge in [-0.2, -0.15) is 0 Å². The molecular weight excluding hydrogens is 258 g/mol. The molecule has 4 saturated carbocycles. The van der Waals surface area contributed by atoms with E-state index in [1.165, 1.54) is 13.3 Å². The lowest BCUT2D eigenvalue weighted by Crippen LogP contribution is -2.54. The minimum absolute atomic E-state index is 0.0346. The number of carbonyl (C=O) groups is 2. The molecule has 4 bridgehead atoms. The van der Waals surface area contributed by atoms with Crippen molar-refractivity contribution >= 4 is 11.9 Å². The SMILES string of the molecule is CC(O)(CNC(=O)C1C2CC3CC(C2)CC1C3)C(=O)O. The van der Waals surface area contributed by atoms with E-state index in [0.717, 1.165) is 37.5 Å². The van der Waals surface area contributed by atoms with Crippen LogP contribution in [0.15, 0.2) is 0 Å². The Bertz CT molecular complexity index is 404. The van der Waals surface area contributed by atoms with Crippen LogP contribution >= 0.6 is 0 Å². The van der Waals surface area contributed by atoms with Crippen LogP contribution in [0.5, 0.6) is 0 Å². The van der Waals surface area contributed by atoms with E-state index in [4.69, 9.17) is 5.11 Å². The van der Waals surface area contributed by atoms with Crippen molar-refractivity contribution in [2.75, 3.05) is 6.54 Å². The van der Waals surface area contributed by atoms with Gasteiger partial charge in [0, 0.05) is 5.92 Å². The Kier molecular flexibility index (Phi) is 3.27. The van der Waals surface area contributed by atoms with Crippen LogP contribution < -0.4 is 5.32 Å². The summed E-state index contributed by atoms with van der Waals surface area (Å²) >= 11 is 0. The Hall–Kier alpha value is -1.10. The van der Waals surface area contributed by atoms with Crippen molar-refractivity contribution in [1.82, 2.24) is 5.32 Å². The molecule has 0 aliphatic heterocycles. The van der Waals surface area contributed by atoms with Crippen molar-refractivity contribution in [2.24, 2.45) is 29.6 Å². The molecule has 1 amide bonds. The van der Waals surface area contributed by atoms with E-state index in [1.807, 2.05) is 0 Å². The molecule has 4 aliphatic rings. The van der Waals surface area contributed by atoms with Gasteiger partial charge in [0.2, 0.25) is 5.91 Å². The van der Waals surface area contributed by atoms with E-state index in [2.05, 4.69) is 5.32 Å². The number of carboxylic acid groups (broad SMARTS) is 1. The van der Waals surface area contributed by atoms with Gasteiger partial charge < -0.3 is 15.5 Å². The van der Waals surface area contributed by atoms with E-state index in [9.17, 15) is 14.7 Å². The zero-order chi connectivity index (χ0) is 14.5. The van der Waals surface area contributed by atoms with Gasteiger partial charge in [-0.15, -0.1) is 0 Å². The van der Waals surface area contributed by atoms with E-state index in [1.54, 1.807) is 0 Å². The lowest BCUT2D eigenvalue weighted by Gasteiger charge is -2.53. The second-order valence-electron chi connectivity index (χ2n) is 7.25. The molecule has 5 heteroatoms. The highest BCUT2D eigenvalue weighted by Gasteiger charge is 2.50. The van der Waals surface area contributed by atoms with Gasteiger partial charge in [-0.25, -0.2) is 4.79 Å². The molecule has 20 heavy (non-hydrogen) atoms. The maximum absolute atomic E-state index is 12.4. The molecular formula is C15H23NO4. The summed E-state index contributed by atoms with van der Waals surface area (Å²) in [5, 5.41) is 21.2.